The number of fused-ring (bicyclic) bond motifs is 12. The zero-order chi connectivity index (χ0) is 28.1. The van der Waals surface area contributed by atoms with E-state index in [-0.39, 0.29) is 0 Å². The molecule has 7 heteroatoms. The zero-order valence-corrected chi connectivity index (χ0v) is 23.0. The van der Waals surface area contributed by atoms with Gasteiger partial charge < -0.3 is 4.74 Å². The SMILES string of the molecule is c1ccc2c(c1)c1ccc3c4c1c1n2c2ccccc2[n+]1C41c2c(ccc4c5ncncc5n5c6ccccc6[n+]1c5c24)O3. The molecule has 200 valence electrons. The summed E-state index contributed by atoms with van der Waals surface area (Å²) in [4.78, 5) is 9.38. The standard InChI is InChI=1S/C37H18N6O/c1-2-8-22-19(7-1)20-13-15-28-32-30(20)35-40(22)23-9-3-5-11-25(23)42(35)37(32)33-29(44-28)16-14-21-31(33)36-41(27-17-38-18-39-34(21)27)24-10-4-6-12-26(24)43(36)37/h1-18H/q+2. The number of imidazole rings is 2. The number of nitrogens with zero attached hydrogens (tertiary/aromatic N) is 6. The molecule has 5 aromatic heterocycles. The van der Waals surface area contributed by atoms with Gasteiger partial charge in [-0.1, -0.05) is 42.5 Å². The Morgan fingerprint density at radius 3 is 1.89 bits per heavy atom. The van der Waals surface area contributed by atoms with E-state index in [0.29, 0.717) is 0 Å². The highest BCUT2D eigenvalue weighted by molar-refractivity contribution is 6.18. The molecule has 8 heterocycles. The summed E-state index contributed by atoms with van der Waals surface area (Å²) in [5.74, 6) is 1.79. The zero-order valence-electron chi connectivity index (χ0n) is 23.0. The average Bonchev–Trinajstić information content (AvgIpc) is 3.79. The van der Waals surface area contributed by atoms with E-state index >= 15 is 0 Å². The van der Waals surface area contributed by atoms with Crippen molar-refractivity contribution in [3.8, 4) is 11.5 Å². The number of hydrogen-bond acceptors (Lipinski definition) is 3. The summed E-state index contributed by atoms with van der Waals surface area (Å²) in [6, 6.07) is 35.2. The molecular weight excluding hydrogens is 544 g/mol. The minimum Gasteiger partial charge on any atom is -0.456 e. The third-order valence-electron chi connectivity index (χ3n) is 10.5. The largest absolute Gasteiger partial charge is 0.456 e. The van der Waals surface area contributed by atoms with Crippen LogP contribution in [0.1, 0.15) is 11.1 Å². The monoisotopic (exact) mass is 562 g/mol. The Hall–Kier alpha value is -6.08. The van der Waals surface area contributed by atoms with Gasteiger partial charge in [0.05, 0.1) is 17.0 Å². The number of rotatable bonds is 0. The van der Waals surface area contributed by atoms with Crippen LogP contribution in [0.5, 0.6) is 11.5 Å². The molecule has 0 amide bonds. The molecule has 10 aromatic rings. The van der Waals surface area contributed by atoms with Crippen molar-refractivity contribution in [2.24, 2.45) is 0 Å². The Kier molecular flexibility index (Phi) is 2.97. The number of pyridine rings is 2. The highest BCUT2D eigenvalue weighted by Crippen LogP contribution is 2.58. The lowest BCUT2D eigenvalue weighted by Gasteiger charge is -2.30. The summed E-state index contributed by atoms with van der Waals surface area (Å²) < 4.78 is 17.0. The van der Waals surface area contributed by atoms with E-state index < -0.39 is 5.66 Å². The van der Waals surface area contributed by atoms with Crippen molar-refractivity contribution in [2.75, 3.05) is 0 Å². The maximum Gasteiger partial charge on any atom is 0.316 e. The Morgan fingerprint density at radius 2 is 1.16 bits per heavy atom. The second-order valence-corrected chi connectivity index (χ2v) is 12.2. The topological polar surface area (TPSA) is 51.6 Å². The van der Waals surface area contributed by atoms with E-state index in [9.17, 15) is 0 Å². The Bertz CT molecular complexity index is 2890. The lowest BCUT2D eigenvalue weighted by molar-refractivity contribution is -0.923. The number of ether oxygens (including phenoxy) is 1. The summed E-state index contributed by atoms with van der Waals surface area (Å²) in [7, 11) is 0. The summed E-state index contributed by atoms with van der Waals surface area (Å²) >= 11 is 0. The molecule has 0 bridgehead atoms. The van der Waals surface area contributed by atoms with Crippen LogP contribution in [0.15, 0.2) is 110 Å². The number of hydrogen-bond donors (Lipinski definition) is 0. The lowest BCUT2D eigenvalue weighted by atomic mass is 9.85. The van der Waals surface area contributed by atoms with E-state index in [1.807, 2.05) is 6.20 Å². The molecular formula is C37H18N6O+2. The quantitative estimate of drug-likeness (QED) is 0.157. The normalized spacial score (nSPS) is 17.4. The van der Waals surface area contributed by atoms with Crippen molar-refractivity contribution in [3.05, 3.63) is 121 Å². The van der Waals surface area contributed by atoms with Gasteiger partial charge in [-0.15, -0.1) is 0 Å². The first-order valence-corrected chi connectivity index (χ1v) is 14.9. The van der Waals surface area contributed by atoms with Gasteiger partial charge in [-0.2, -0.15) is 17.9 Å². The molecule has 13 rings (SSSR count). The smallest absolute Gasteiger partial charge is 0.316 e. The molecule has 3 aliphatic heterocycles. The van der Waals surface area contributed by atoms with Gasteiger partial charge in [0.2, 0.25) is 0 Å². The molecule has 7 nitrogen and oxygen atoms in total. The highest BCUT2D eigenvalue weighted by Gasteiger charge is 2.67. The van der Waals surface area contributed by atoms with Crippen LogP contribution in [-0.4, -0.2) is 18.8 Å². The summed E-state index contributed by atoms with van der Waals surface area (Å²) in [5.41, 5.74) is 11.8. The summed E-state index contributed by atoms with van der Waals surface area (Å²) in [6.45, 7) is 0. The molecule has 0 saturated carbocycles. The molecule has 1 spiro atoms. The highest BCUT2D eigenvalue weighted by atomic mass is 16.5. The van der Waals surface area contributed by atoms with Gasteiger partial charge in [0, 0.05) is 16.2 Å². The van der Waals surface area contributed by atoms with Gasteiger partial charge in [-0.3, -0.25) is 0 Å². The van der Waals surface area contributed by atoms with Gasteiger partial charge in [-0.05, 0) is 54.6 Å². The fraction of sp³-hybridized carbons (Fsp3) is 0.0270. The minimum atomic E-state index is -0.711. The first-order valence-electron chi connectivity index (χ1n) is 14.9. The van der Waals surface area contributed by atoms with Crippen molar-refractivity contribution < 1.29 is 13.9 Å². The molecule has 1 atom stereocenters. The van der Waals surface area contributed by atoms with Crippen LogP contribution in [0, 0.1) is 0 Å². The molecule has 0 saturated heterocycles. The molecule has 44 heavy (non-hydrogen) atoms. The molecule has 0 N–H and O–H groups in total. The predicted molar refractivity (Wildman–Crippen MR) is 167 cm³/mol. The fourth-order valence-electron chi connectivity index (χ4n) is 9.23. The van der Waals surface area contributed by atoms with Gasteiger partial charge in [-0.25, -0.2) is 9.97 Å². The number of benzene rings is 5. The summed E-state index contributed by atoms with van der Waals surface area (Å²) in [6.07, 6.45) is 3.61. The van der Waals surface area contributed by atoms with Crippen molar-refractivity contribution >= 4 is 76.8 Å². The molecule has 5 aromatic carbocycles. The lowest BCUT2D eigenvalue weighted by Crippen LogP contribution is -2.71. The van der Waals surface area contributed by atoms with E-state index in [1.54, 1.807) is 6.33 Å². The van der Waals surface area contributed by atoms with E-state index in [2.05, 4.69) is 120 Å². The average molecular weight is 563 g/mol. The van der Waals surface area contributed by atoms with Crippen LogP contribution in [0.25, 0.3) is 76.8 Å². The van der Waals surface area contributed by atoms with E-state index in [0.717, 1.165) is 44.6 Å². The van der Waals surface area contributed by atoms with Crippen LogP contribution < -0.4 is 13.9 Å². The van der Waals surface area contributed by atoms with Crippen LogP contribution >= 0.6 is 0 Å². The Morgan fingerprint density at radius 1 is 0.568 bits per heavy atom. The maximum absolute atomic E-state index is 6.92. The van der Waals surface area contributed by atoms with Crippen molar-refractivity contribution in [1.29, 1.82) is 0 Å². The predicted octanol–water partition coefficient (Wildman–Crippen LogP) is 6.51. The van der Waals surface area contributed by atoms with Crippen molar-refractivity contribution in [2.45, 2.75) is 5.66 Å². The first kappa shape index (κ1) is 20.7. The fourth-order valence-corrected chi connectivity index (χ4v) is 9.23. The number of aromatic nitrogens is 6. The molecule has 0 aliphatic carbocycles. The van der Waals surface area contributed by atoms with Crippen LogP contribution in [0.3, 0.4) is 0 Å². The van der Waals surface area contributed by atoms with Gasteiger partial charge in [0.25, 0.3) is 0 Å². The molecule has 1 unspecified atom stereocenters. The first-order chi connectivity index (χ1) is 21.9. The van der Waals surface area contributed by atoms with Gasteiger partial charge in [0.1, 0.15) is 40.0 Å². The van der Waals surface area contributed by atoms with E-state index in [4.69, 9.17) is 9.72 Å². The Balaban J connectivity index is 1.45. The van der Waals surface area contributed by atoms with Crippen LogP contribution in [0.4, 0.5) is 0 Å². The number of para-hydroxylation sites is 5. The van der Waals surface area contributed by atoms with Gasteiger partial charge >= 0.3 is 17.0 Å². The third kappa shape index (κ3) is 1.80. The van der Waals surface area contributed by atoms with E-state index in [1.165, 1.54) is 54.9 Å². The van der Waals surface area contributed by atoms with Crippen molar-refractivity contribution in [3.63, 3.8) is 0 Å². The minimum absolute atomic E-state index is 0.711. The van der Waals surface area contributed by atoms with Gasteiger partial charge in [0.15, 0.2) is 27.6 Å². The maximum atomic E-state index is 6.92. The van der Waals surface area contributed by atoms with Crippen molar-refractivity contribution in [1.82, 2.24) is 18.8 Å². The second kappa shape index (κ2) is 6.31. The molecule has 0 radical (unpaired) electrons. The second-order valence-electron chi connectivity index (χ2n) is 12.2. The Labute approximate surface area is 247 Å². The third-order valence-corrected chi connectivity index (χ3v) is 10.5. The molecule has 0 fully saturated rings. The van der Waals surface area contributed by atoms with Crippen LogP contribution in [-0.2, 0) is 5.66 Å². The summed E-state index contributed by atoms with van der Waals surface area (Å²) in [5, 5.41) is 6.02. The molecule has 3 aliphatic rings. The van der Waals surface area contributed by atoms with Crippen LogP contribution in [0.2, 0.25) is 0 Å².